The van der Waals surface area contributed by atoms with E-state index in [9.17, 15) is 23.5 Å². The maximum atomic E-state index is 13.8. The number of carbonyl (C=O) groups excluding carboxylic acids is 1. The summed E-state index contributed by atoms with van der Waals surface area (Å²) in [6.07, 6.45) is -1.12. The summed E-state index contributed by atoms with van der Waals surface area (Å²) in [5.41, 5.74) is 0.832. The highest BCUT2D eigenvalue weighted by Crippen LogP contribution is 2.49. The largest absolute Gasteiger partial charge is 0.481 e. The molecule has 1 aromatic carbocycles. The molecule has 5 nitrogen and oxygen atoms in total. The standard InChI is InChI=1S/C18H21F2NO4/c19-18(20)8-13-6-12(16(22)23)7-14(9-18)15(13)21-17(24)25-10-11-4-2-1-3-5-11/h1-5,12-15H,6-10H2,(H,21,24)(H,22,23). The van der Waals surface area contributed by atoms with Gasteiger partial charge in [0.25, 0.3) is 0 Å². The van der Waals surface area contributed by atoms with Crippen molar-refractivity contribution < 1.29 is 28.2 Å². The lowest BCUT2D eigenvalue weighted by atomic mass is 9.63. The fraction of sp³-hybridized carbons (Fsp3) is 0.556. The summed E-state index contributed by atoms with van der Waals surface area (Å²) >= 11 is 0. The van der Waals surface area contributed by atoms with Crippen LogP contribution >= 0.6 is 0 Å². The van der Waals surface area contributed by atoms with Crippen molar-refractivity contribution in [3.8, 4) is 0 Å². The number of rotatable bonds is 4. The molecule has 2 fully saturated rings. The first kappa shape index (κ1) is 17.6. The van der Waals surface area contributed by atoms with Crippen LogP contribution in [0.5, 0.6) is 0 Å². The smallest absolute Gasteiger partial charge is 0.407 e. The van der Waals surface area contributed by atoms with E-state index >= 15 is 0 Å². The third-order valence-corrected chi connectivity index (χ3v) is 5.16. The second-order valence-corrected chi connectivity index (χ2v) is 7.02. The summed E-state index contributed by atoms with van der Waals surface area (Å²) in [6, 6.07) is 8.69. The molecular formula is C18H21F2NO4. The zero-order chi connectivity index (χ0) is 18.0. The van der Waals surface area contributed by atoms with Crippen molar-refractivity contribution in [2.24, 2.45) is 17.8 Å². The van der Waals surface area contributed by atoms with Gasteiger partial charge in [0.05, 0.1) is 5.92 Å². The molecule has 0 aromatic heterocycles. The lowest BCUT2D eigenvalue weighted by molar-refractivity contribution is -0.151. The number of aliphatic carboxylic acids is 1. The van der Waals surface area contributed by atoms with E-state index in [1.165, 1.54) is 0 Å². The summed E-state index contributed by atoms with van der Waals surface area (Å²) in [7, 11) is 0. The molecule has 2 unspecified atom stereocenters. The Bertz CT molecular complexity index is 619. The van der Waals surface area contributed by atoms with Gasteiger partial charge in [-0.15, -0.1) is 0 Å². The number of hydrogen-bond acceptors (Lipinski definition) is 3. The Balaban J connectivity index is 1.61. The first-order valence-corrected chi connectivity index (χ1v) is 8.42. The maximum Gasteiger partial charge on any atom is 0.407 e. The van der Waals surface area contributed by atoms with Gasteiger partial charge in [0, 0.05) is 18.9 Å². The van der Waals surface area contributed by atoms with E-state index in [0.29, 0.717) is 0 Å². The average Bonchev–Trinajstić information content (AvgIpc) is 2.54. The summed E-state index contributed by atoms with van der Waals surface area (Å²) in [6.45, 7) is 0.0998. The number of alkyl halides is 2. The van der Waals surface area contributed by atoms with Crippen LogP contribution in [0.25, 0.3) is 0 Å². The Morgan fingerprint density at radius 2 is 1.76 bits per heavy atom. The fourth-order valence-electron chi connectivity index (χ4n) is 4.11. The number of nitrogens with one attached hydrogen (secondary N) is 1. The van der Waals surface area contributed by atoms with Crippen molar-refractivity contribution in [2.75, 3.05) is 0 Å². The van der Waals surface area contributed by atoms with E-state index in [1.807, 2.05) is 30.3 Å². The van der Waals surface area contributed by atoms with Crippen LogP contribution in [0, 0.1) is 17.8 Å². The zero-order valence-electron chi connectivity index (χ0n) is 13.7. The first-order valence-electron chi connectivity index (χ1n) is 8.42. The van der Waals surface area contributed by atoms with Crippen LogP contribution in [0.2, 0.25) is 0 Å². The predicted molar refractivity (Wildman–Crippen MR) is 85.1 cm³/mol. The number of alkyl carbamates (subject to hydrolysis) is 1. The third kappa shape index (κ3) is 4.27. The van der Waals surface area contributed by atoms with Crippen molar-refractivity contribution in [3.63, 3.8) is 0 Å². The quantitative estimate of drug-likeness (QED) is 0.869. The van der Waals surface area contributed by atoms with Gasteiger partial charge < -0.3 is 15.2 Å². The summed E-state index contributed by atoms with van der Waals surface area (Å²) < 4.78 is 32.9. The molecule has 7 heteroatoms. The second-order valence-electron chi connectivity index (χ2n) is 7.02. The number of hydrogen-bond donors (Lipinski definition) is 2. The number of ether oxygens (including phenoxy) is 1. The molecule has 2 aliphatic rings. The minimum absolute atomic E-state index is 0.0998. The van der Waals surface area contributed by atoms with Gasteiger partial charge in [0.1, 0.15) is 6.61 Å². The Morgan fingerprint density at radius 1 is 1.16 bits per heavy atom. The van der Waals surface area contributed by atoms with Crippen LogP contribution in [-0.4, -0.2) is 29.1 Å². The van der Waals surface area contributed by atoms with E-state index in [1.54, 1.807) is 0 Å². The molecule has 0 heterocycles. The molecule has 2 saturated carbocycles. The third-order valence-electron chi connectivity index (χ3n) is 5.16. The monoisotopic (exact) mass is 353 g/mol. The first-order chi connectivity index (χ1) is 11.8. The van der Waals surface area contributed by atoms with E-state index in [2.05, 4.69) is 5.32 Å². The van der Waals surface area contributed by atoms with Crippen molar-refractivity contribution in [1.82, 2.24) is 5.32 Å². The number of benzene rings is 1. The number of carboxylic acids is 1. The van der Waals surface area contributed by atoms with Gasteiger partial charge in [0.15, 0.2) is 0 Å². The molecule has 2 N–H and O–H groups in total. The maximum absolute atomic E-state index is 13.8. The highest BCUT2D eigenvalue weighted by molar-refractivity contribution is 5.71. The van der Waals surface area contributed by atoms with Crippen LogP contribution in [0.15, 0.2) is 30.3 Å². The molecule has 1 aromatic rings. The minimum Gasteiger partial charge on any atom is -0.481 e. The number of halogens is 2. The summed E-state index contributed by atoms with van der Waals surface area (Å²) in [5.74, 6) is -5.47. The molecule has 0 spiro atoms. The number of fused-ring (bicyclic) bond motifs is 2. The van der Waals surface area contributed by atoms with Gasteiger partial charge >= 0.3 is 12.1 Å². The molecule has 1 amide bonds. The van der Waals surface area contributed by atoms with Gasteiger partial charge in [0.2, 0.25) is 5.92 Å². The predicted octanol–water partition coefficient (Wildman–Crippen LogP) is 3.44. The van der Waals surface area contributed by atoms with Crippen molar-refractivity contribution in [1.29, 1.82) is 0 Å². The topological polar surface area (TPSA) is 75.6 Å². The van der Waals surface area contributed by atoms with Crippen molar-refractivity contribution >= 4 is 12.1 Å². The van der Waals surface area contributed by atoms with Crippen molar-refractivity contribution in [2.45, 2.75) is 44.3 Å². The summed E-state index contributed by atoms with van der Waals surface area (Å²) in [4.78, 5) is 23.3. The normalized spacial score (nSPS) is 30.3. The molecule has 2 atom stereocenters. The molecule has 2 bridgehead atoms. The molecule has 136 valence electrons. The summed E-state index contributed by atoms with van der Waals surface area (Å²) in [5, 5.41) is 11.9. The van der Waals surface area contributed by atoms with Gasteiger partial charge in [-0.2, -0.15) is 0 Å². The van der Waals surface area contributed by atoms with Gasteiger partial charge in [-0.1, -0.05) is 30.3 Å². The van der Waals surface area contributed by atoms with Gasteiger partial charge in [-0.25, -0.2) is 13.6 Å². The second kappa shape index (κ2) is 6.98. The van der Waals surface area contributed by atoms with Crippen LogP contribution in [0.3, 0.4) is 0 Å². The SMILES string of the molecule is O=C(NC1C2CC(C(=O)O)CC1CC(F)(F)C2)OCc1ccccc1. The van der Waals surface area contributed by atoms with Crippen LogP contribution in [-0.2, 0) is 16.1 Å². The fourth-order valence-corrected chi connectivity index (χ4v) is 4.11. The highest BCUT2D eigenvalue weighted by atomic mass is 19.3. The number of carbonyl (C=O) groups is 2. The molecule has 0 aliphatic heterocycles. The van der Waals surface area contributed by atoms with E-state index in [0.717, 1.165) is 5.56 Å². The van der Waals surface area contributed by atoms with Crippen LogP contribution in [0.1, 0.15) is 31.2 Å². The van der Waals surface area contributed by atoms with Crippen molar-refractivity contribution in [3.05, 3.63) is 35.9 Å². The molecule has 0 saturated heterocycles. The van der Waals surface area contributed by atoms with E-state index in [4.69, 9.17) is 4.74 Å². The Hall–Kier alpha value is -2.18. The Labute approximate surface area is 144 Å². The molecular weight excluding hydrogens is 332 g/mol. The van der Waals surface area contributed by atoms with Crippen LogP contribution < -0.4 is 5.32 Å². The molecule has 2 aliphatic carbocycles. The van der Waals surface area contributed by atoms with Gasteiger partial charge in [-0.05, 0) is 30.2 Å². The highest BCUT2D eigenvalue weighted by Gasteiger charge is 2.52. The van der Waals surface area contributed by atoms with Crippen LogP contribution in [0.4, 0.5) is 13.6 Å². The lowest BCUT2D eigenvalue weighted by Crippen LogP contribution is -2.56. The molecule has 25 heavy (non-hydrogen) atoms. The lowest BCUT2D eigenvalue weighted by Gasteiger charge is -2.47. The number of amides is 1. The van der Waals surface area contributed by atoms with E-state index in [-0.39, 0.29) is 19.4 Å². The Morgan fingerprint density at radius 3 is 2.32 bits per heavy atom. The average molecular weight is 353 g/mol. The number of carboxylic acid groups (broad SMARTS) is 1. The van der Waals surface area contributed by atoms with Gasteiger partial charge in [-0.3, -0.25) is 4.79 Å². The zero-order valence-corrected chi connectivity index (χ0v) is 13.7. The minimum atomic E-state index is -2.80. The molecule has 0 radical (unpaired) electrons. The van der Waals surface area contributed by atoms with E-state index < -0.39 is 54.6 Å². The Kier molecular flexibility index (Phi) is 4.92. The molecule has 3 rings (SSSR count).